The Kier molecular flexibility index (Phi) is 8.16. The van der Waals surface area contributed by atoms with E-state index in [9.17, 15) is 9.59 Å². The molecule has 0 atom stereocenters. The number of esters is 2. The van der Waals surface area contributed by atoms with Crippen molar-refractivity contribution in [1.82, 2.24) is 0 Å². The number of hydrogen-bond acceptors (Lipinski definition) is 4. The highest BCUT2D eigenvalue weighted by atomic mass is 16.5. The molecule has 0 unspecified atom stereocenters. The fraction of sp³-hybridized carbons (Fsp3) is 0.636. The van der Waals surface area contributed by atoms with Gasteiger partial charge in [0.2, 0.25) is 0 Å². The number of methoxy groups -OCH3 is 1. The molecule has 4 nitrogen and oxygen atoms in total. The smallest absolute Gasteiger partial charge is 0.384 e. The zero-order chi connectivity index (χ0) is 11.5. The topological polar surface area (TPSA) is 52.6 Å². The van der Waals surface area contributed by atoms with Crippen molar-refractivity contribution in [1.29, 1.82) is 0 Å². The minimum absolute atomic E-state index is 0.356. The van der Waals surface area contributed by atoms with Crippen molar-refractivity contribution in [2.24, 2.45) is 0 Å². The molecule has 0 heterocycles. The molecule has 15 heavy (non-hydrogen) atoms. The molecule has 0 radical (unpaired) electrons. The van der Waals surface area contributed by atoms with Gasteiger partial charge in [-0.25, -0.2) is 9.59 Å². The monoisotopic (exact) mass is 212 g/mol. The van der Waals surface area contributed by atoms with Gasteiger partial charge in [0.1, 0.15) is 0 Å². The fourth-order valence-electron chi connectivity index (χ4n) is 0.883. The zero-order valence-electron chi connectivity index (χ0n) is 9.17. The van der Waals surface area contributed by atoms with Crippen LogP contribution in [0.15, 0.2) is 0 Å². The SMILES string of the molecule is CCCCCCOC(=O)C#CC(=O)OC. The van der Waals surface area contributed by atoms with E-state index in [0.717, 1.165) is 25.7 Å². The Morgan fingerprint density at radius 3 is 2.33 bits per heavy atom. The van der Waals surface area contributed by atoms with E-state index in [1.54, 1.807) is 0 Å². The third-order valence-corrected chi connectivity index (χ3v) is 1.68. The molecular formula is C11H16O4. The van der Waals surface area contributed by atoms with E-state index in [2.05, 4.69) is 11.7 Å². The Balaban J connectivity index is 3.56. The van der Waals surface area contributed by atoms with E-state index < -0.39 is 11.9 Å². The Morgan fingerprint density at radius 2 is 1.73 bits per heavy atom. The third kappa shape index (κ3) is 8.82. The predicted molar refractivity (Wildman–Crippen MR) is 54.9 cm³/mol. The Morgan fingerprint density at radius 1 is 1.07 bits per heavy atom. The van der Waals surface area contributed by atoms with Gasteiger partial charge in [0.05, 0.1) is 13.7 Å². The van der Waals surface area contributed by atoms with Crippen LogP contribution < -0.4 is 0 Å². The summed E-state index contributed by atoms with van der Waals surface area (Å²) < 4.78 is 9.00. The van der Waals surface area contributed by atoms with Crippen LogP contribution in [0.1, 0.15) is 32.6 Å². The van der Waals surface area contributed by atoms with Gasteiger partial charge in [0, 0.05) is 11.8 Å². The molecule has 0 rings (SSSR count). The number of carbonyl (C=O) groups is 2. The normalized spacial score (nSPS) is 8.67. The first-order valence-electron chi connectivity index (χ1n) is 4.97. The summed E-state index contributed by atoms with van der Waals surface area (Å²) in [6, 6.07) is 0. The van der Waals surface area contributed by atoms with Crippen LogP contribution in [0.2, 0.25) is 0 Å². The molecule has 0 aromatic heterocycles. The molecule has 84 valence electrons. The molecule has 0 aliphatic rings. The van der Waals surface area contributed by atoms with E-state index in [4.69, 9.17) is 4.74 Å². The molecule has 0 aliphatic carbocycles. The average Bonchev–Trinajstić information content (AvgIpc) is 2.25. The molecule has 4 heteroatoms. The van der Waals surface area contributed by atoms with Crippen LogP contribution in [0.4, 0.5) is 0 Å². The first-order valence-corrected chi connectivity index (χ1v) is 4.97. The second-order valence-corrected chi connectivity index (χ2v) is 2.94. The van der Waals surface area contributed by atoms with Crippen molar-refractivity contribution in [3.63, 3.8) is 0 Å². The summed E-state index contributed by atoms with van der Waals surface area (Å²) in [6.07, 6.45) is 4.13. The molecule has 0 bridgehead atoms. The van der Waals surface area contributed by atoms with E-state index in [1.165, 1.54) is 7.11 Å². The van der Waals surface area contributed by atoms with E-state index >= 15 is 0 Å². The fourth-order valence-corrected chi connectivity index (χ4v) is 0.883. The number of unbranched alkanes of at least 4 members (excludes halogenated alkanes) is 3. The van der Waals surface area contributed by atoms with Crippen molar-refractivity contribution in [3.8, 4) is 11.8 Å². The maximum atomic E-state index is 10.9. The minimum Gasteiger partial charge on any atom is -0.459 e. The van der Waals surface area contributed by atoms with Gasteiger partial charge in [-0.3, -0.25) is 0 Å². The van der Waals surface area contributed by atoms with Gasteiger partial charge in [-0.2, -0.15) is 0 Å². The van der Waals surface area contributed by atoms with Gasteiger partial charge in [-0.15, -0.1) is 0 Å². The lowest BCUT2D eigenvalue weighted by atomic mass is 10.2. The molecular weight excluding hydrogens is 196 g/mol. The summed E-state index contributed by atoms with van der Waals surface area (Å²) in [5.74, 6) is 2.62. The lowest BCUT2D eigenvalue weighted by Crippen LogP contribution is -2.04. The van der Waals surface area contributed by atoms with Crippen LogP contribution >= 0.6 is 0 Å². The number of hydrogen-bond donors (Lipinski definition) is 0. The molecule has 0 aliphatic heterocycles. The van der Waals surface area contributed by atoms with E-state index in [-0.39, 0.29) is 0 Å². The van der Waals surface area contributed by atoms with Crippen LogP contribution in [-0.2, 0) is 19.1 Å². The summed E-state index contributed by atoms with van der Waals surface area (Å²) >= 11 is 0. The van der Waals surface area contributed by atoms with Gasteiger partial charge < -0.3 is 9.47 Å². The minimum atomic E-state index is -0.738. The first-order chi connectivity index (χ1) is 7.20. The molecule has 0 aromatic rings. The second kappa shape index (κ2) is 9.07. The predicted octanol–water partition coefficient (Wildman–Crippen LogP) is 1.29. The summed E-state index contributed by atoms with van der Waals surface area (Å²) in [4.78, 5) is 21.4. The average molecular weight is 212 g/mol. The van der Waals surface area contributed by atoms with Gasteiger partial charge in [-0.05, 0) is 6.42 Å². The first kappa shape index (κ1) is 13.5. The van der Waals surface area contributed by atoms with E-state index in [1.807, 2.05) is 11.8 Å². The van der Waals surface area contributed by atoms with Crippen LogP contribution in [0.25, 0.3) is 0 Å². The van der Waals surface area contributed by atoms with Gasteiger partial charge in [0.15, 0.2) is 0 Å². The van der Waals surface area contributed by atoms with Crippen molar-refractivity contribution in [3.05, 3.63) is 0 Å². The lowest BCUT2D eigenvalue weighted by Gasteiger charge is -1.99. The number of ether oxygens (including phenoxy) is 2. The summed E-state index contributed by atoms with van der Waals surface area (Å²) in [6.45, 7) is 2.46. The van der Waals surface area contributed by atoms with Crippen molar-refractivity contribution in [2.45, 2.75) is 32.6 Å². The molecule has 0 saturated heterocycles. The zero-order valence-corrected chi connectivity index (χ0v) is 9.17. The van der Waals surface area contributed by atoms with Crippen LogP contribution in [0, 0.1) is 11.8 Å². The Bertz CT molecular complexity index is 259. The molecule has 0 saturated carbocycles. The number of rotatable bonds is 5. The van der Waals surface area contributed by atoms with Crippen molar-refractivity contribution >= 4 is 11.9 Å². The molecule has 0 spiro atoms. The summed E-state index contributed by atoms with van der Waals surface area (Å²) in [7, 11) is 1.20. The highest BCUT2D eigenvalue weighted by Gasteiger charge is 1.98. The highest BCUT2D eigenvalue weighted by Crippen LogP contribution is 1.98. The van der Waals surface area contributed by atoms with Crippen LogP contribution in [-0.4, -0.2) is 25.7 Å². The second-order valence-electron chi connectivity index (χ2n) is 2.94. The van der Waals surface area contributed by atoms with Crippen molar-refractivity contribution in [2.75, 3.05) is 13.7 Å². The molecule has 0 amide bonds. The quantitative estimate of drug-likeness (QED) is 0.298. The van der Waals surface area contributed by atoms with Crippen molar-refractivity contribution < 1.29 is 19.1 Å². The van der Waals surface area contributed by atoms with Gasteiger partial charge in [-0.1, -0.05) is 26.2 Å². The third-order valence-electron chi connectivity index (χ3n) is 1.68. The molecule has 0 aromatic carbocycles. The summed E-state index contributed by atoms with van der Waals surface area (Å²) in [5, 5.41) is 0. The lowest BCUT2D eigenvalue weighted by molar-refractivity contribution is -0.137. The van der Waals surface area contributed by atoms with Crippen LogP contribution in [0.3, 0.4) is 0 Å². The largest absolute Gasteiger partial charge is 0.459 e. The maximum Gasteiger partial charge on any atom is 0.384 e. The molecule has 0 fully saturated rings. The number of carbonyl (C=O) groups excluding carboxylic acids is 2. The summed E-state index contributed by atoms with van der Waals surface area (Å²) in [5.41, 5.74) is 0. The van der Waals surface area contributed by atoms with Gasteiger partial charge in [0.25, 0.3) is 0 Å². The maximum absolute atomic E-state index is 10.9. The molecule has 0 N–H and O–H groups in total. The Hall–Kier alpha value is -1.50. The van der Waals surface area contributed by atoms with Crippen LogP contribution in [0.5, 0.6) is 0 Å². The van der Waals surface area contributed by atoms with E-state index in [0.29, 0.717) is 6.61 Å². The Labute approximate surface area is 89.9 Å². The highest BCUT2D eigenvalue weighted by molar-refractivity contribution is 5.98. The van der Waals surface area contributed by atoms with Gasteiger partial charge >= 0.3 is 11.9 Å². The standard InChI is InChI=1S/C11H16O4/c1-3-4-5-6-9-15-11(13)8-7-10(12)14-2/h3-6,9H2,1-2H3.